The third kappa shape index (κ3) is 2.48. The summed E-state index contributed by atoms with van der Waals surface area (Å²) in [4.78, 5) is 10.9. The second kappa shape index (κ2) is 3.71. The second-order valence-electron chi connectivity index (χ2n) is 3.08. The molecule has 1 fully saturated rings. The van der Waals surface area contributed by atoms with Gasteiger partial charge in [0.1, 0.15) is 5.78 Å². The molecule has 1 saturated carbocycles. The molecule has 2 nitrogen and oxygen atoms in total. The van der Waals surface area contributed by atoms with Gasteiger partial charge in [-0.1, -0.05) is 6.42 Å². The summed E-state index contributed by atoms with van der Waals surface area (Å²) in [7, 11) is 0. The molecule has 1 aliphatic rings. The lowest BCUT2D eigenvalue weighted by atomic mass is 9.97. The van der Waals surface area contributed by atoms with Gasteiger partial charge >= 0.3 is 0 Å². The summed E-state index contributed by atoms with van der Waals surface area (Å²) in [6.07, 6.45) is 5.68. The van der Waals surface area contributed by atoms with Gasteiger partial charge in [-0.15, -0.1) is 0 Å². The van der Waals surface area contributed by atoms with Gasteiger partial charge in [0, 0.05) is 18.9 Å². The van der Waals surface area contributed by atoms with Gasteiger partial charge in [0.05, 0.1) is 0 Å². The van der Waals surface area contributed by atoms with Gasteiger partial charge in [-0.3, -0.25) is 4.79 Å². The smallest absolute Gasteiger partial charge is 0.132 e. The van der Waals surface area contributed by atoms with Crippen LogP contribution in [0.25, 0.3) is 0 Å². The van der Waals surface area contributed by atoms with Crippen molar-refractivity contribution in [3.8, 4) is 0 Å². The number of carbonyl (C=O) groups is 1. The fraction of sp³-hybridized carbons (Fsp3) is 0.875. The Morgan fingerprint density at radius 1 is 1.20 bits per heavy atom. The summed E-state index contributed by atoms with van der Waals surface area (Å²) in [6, 6.07) is 0.282. The summed E-state index contributed by atoms with van der Waals surface area (Å²) in [5.41, 5.74) is 5.71. The lowest BCUT2D eigenvalue weighted by molar-refractivity contribution is -0.119. The fourth-order valence-corrected chi connectivity index (χ4v) is 1.34. The molecule has 2 heteroatoms. The zero-order valence-corrected chi connectivity index (χ0v) is 6.31. The highest BCUT2D eigenvalue weighted by Crippen LogP contribution is 2.12. The van der Waals surface area contributed by atoms with E-state index in [1.807, 2.05) is 0 Å². The van der Waals surface area contributed by atoms with Gasteiger partial charge in [-0.2, -0.15) is 0 Å². The first-order chi connectivity index (χ1) is 4.79. The van der Waals surface area contributed by atoms with E-state index < -0.39 is 0 Å². The van der Waals surface area contributed by atoms with Crippen molar-refractivity contribution >= 4 is 5.78 Å². The van der Waals surface area contributed by atoms with Crippen LogP contribution in [0.15, 0.2) is 0 Å². The molecule has 1 rings (SSSR count). The van der Waals surface area contributed by atoms with Crippen molar-refractivity contribution in [2.45, 2.75) is 44.6 Å². The van der Waals surface area contributed by atoms with Crippen molar-refractivity contribution < 1.29 is 4.79 Å². The Bertz CT molecular complexity index is 122. The number of ketones is 1. The summed E-state index contributed by atoms with van der Waals surface area (Å²) in [5, 5.41) is 0. The van der Waals surface area contributed by atoms with E-state index >= 15 is 0 Å². The molecule has 0 aliphatic heterocycles. The molecule has 0 aromatic carbocycles. The van der Waals surface area contributed by atoms with Crippen LogP contribution in [0.2, 0.25) is 0 Å². The van der Waals surface area contributed by atoms with E-state index in [0.717, 1.165) is 32.1 Å². The quantitative estimate of drug-likeness (QED) is 0.551. The van der Waals surface area contributed by atoms with E-state index in [4.69, 9.17) is 5.73 Å². The highest BCUT2D eigenvalue weighted by molar-refractivity contribution is 5.78. The lowest BCUT2D eigenvalue weighted by Crippen LogP contribution is -2.22. The minimum atomic E-state index is 0.282. The average molecular weight is 141 g/mol. The predicted molar refractivity (Wildman–Crippen MR) is 40.7 cm³/mol. The third-order valence-corrected chi connectivity index (χ3v) is 2.07. The maximum atomic E-state index is 10.9. The molecule has 0 bridgehead atoms. The van der Waals surface area contributed by atoms with Crippen molar-refractivity contribution in [3.63, 3.8) is 0 Å². The van der Waals surface area contributed by atoms with E-state index in [1.54, 1.807) is 0 Å². The standard InChI is InChI=1S/C8H15NO/c9-7-3-1-2-4-8(10)6-5-7/h7H,1-6,9H2. The molecule has 0 saturated heterocycles. The van der Waals surface area contributed by atoms with Gasteiger partial charge in [0.2, 0.25) is 0 Å². The zero-order chi connectivity index (χ0) is 7.40. The number of rotatable bonds is 0. The van der Waals surface area contributed by atoms with Crippen LogP contribution in [0.3, 0.4) is 0 Å². The molecule has 0 aromatic heterocycles. The molecule has 0 radical (unpaired) electrons. The fourth-order valence-electron chi connectivity index (χ4n) is 1.34. The molecule has 0 heterocycles. The number of hydrogen-bond donors (Lipinski definition) is 1. The molecule has 1 unspecified atom stereocenters. The predicted octanol–water partition coefficient (Wildman–Crippen LogP) is 1.24. The van der Waals surface area contributed by atoms with Crippen molar-refractivity contribution in [2.24, 2.45) is 5.73 Å². The first-order valence-electron chi connectivity index (χ1n) is 4.06. The van der Waals surface area contributed by atoms with Crippen LogP contribution in [0.4, 0.5) is 0 Å². The van der Waals surface area contributed by atoms with Gasteiger partial charge in [-0.05, 0) is 19.3 Å². The van der Waals surface area contributed by atoms with Crippen LogP contribution >= 0.6 is 0 Å². The monoisotopic (exact) mass is 141 g/mol. The number of Topliss-reactive ketones (excluding diaryl/α,β-unsaturated/α-hetero) is 1. The minimum absolute atomic E-state index is 0.282. The van der Waals surface area contributed by atoms with Crippen molar-refractivity contribution in [3.05, 3.63) is 0 Å². The molecular weight excluding hydrogens is 126 g/mol. The van der Waals surface area contributed by atoms with Crippen LogP contribution in [0.5, 0.6) is 0 Å². The van der Waals surface area contributed by atoms with Crippen LogP contribution in [-0.2, 0) is 4.79 Å². The Hall–Kier alpha value is -0.370. The van der Waals surface area contributed by atoms with E-state index in [-0.39, 0.29) is 6.04 Å². The SMILES string of the molecule is NC1CCCCC(=O)CC1. The average Bonchev–Trinajstić information content (AvgIpc) is 1.90. The Morgan fingerprint density at radius 2 is 2.00 bits per heavy atom. The Morgan fingerprint density at radius 3 is 2.80 bits per heavy atom. The van der Waals surface area contributed by atoms with Crippen molar-refractivity contribution in [1.29, 1.82) is 0 Å². The first kappa shape index (κ1) is 7.73. The largest absolute Gasteiger partial charge is 0.328 e. The van der Waals surface area contributed by atoms with Crippen molar-refractivity contribution in [1.82, 2.24) is 0 Å². The lowest BCUT2D eigenvalue weighted by Gasteiger charge is -2.13. The molecule has 10 heavy (non-hydrogen) atoms. The van der Waals surface area contributed by atoms with E-state index in [9.17, 15) is 4.79 Å². The van der Waals surface area contributed by atoms with E-state index in [1.165, 1.54) is 0 Å². The normalized spacial score (nSPS) is 29.3. The topological polar surface area (TPSA) is 43.1 Å². The molecule has 0 aromatic rings. The maximum absolute atomic E-state index is 10.9. The molecule has 2 N–H and O–H groups in total. The van der Waals surface area contributed by atoms with E-state index in [0.29, 0.717) is 12.2 Å². The van der Waals surface area contributed by atoms with Crippen molar-refractivity contribution in [2.75, 3.05) is 0 Å². The van der Waals surface area contributed by atoms with Crippen LogP contribution < -0.4 is 5.73 Å². The summed E-state index contributed by atoms with van der Waals surface area (Å²) in [6.45, 7) is 0. The van der Waals surface area contributed by atoms with Gasteiger partial charge < -0.3 is 5.73 Å². The molecule has 58 valence electrons. The first-order valence-corrected chi connectivity index (χ1v) is 4.06. The van der Waals surface area contributed by atoms with Crippen LogP contribution in [0.1, 0.15) is 38.5 Å². The Balaban J connectivity index is 2.29. The Labute approximate surface area is 61.8 Å². The molecule has 0 amide bonds. The summed E-state index contributed by atoms with van der Waals surface area (Å²) in [5.74, 6) is 0.398. The zero-order valence-electron chi connectivity index (χ0n) is 6.31. The van der Waals surface area contributed by atoms with Gasteiger partial charge in [0.15, 0.2) is 0 Å². The summed E-state index contributed by atoms with van der Waals surface area (Å²) >= 11 is 0. The van der Waals surface area contributed by atoms with Crippen LogP contribution in [0, 0.1) is 0 Å². The second-order valence-corrected chi connectivity index (χ2v) is 3.08. The minimum Gasteiger partial charge on any atom is -0.328 e. The molecular formula is C8H15NO. The highest BCUT2D eigenvalue weighted by Gasteiger charge is 2.10. The van der Waals surface area contributed by atoms with E-state index in [2.05, 4.69) is 0 Å². The van der Waals surface area contributed by atoms with Gasteiger partial charge in [0.25, 0.3) is 0 Å². The van der Waals surface area contributed by atoms with Gasteiger partial charge in [-0.25, -0.2) is 0 Å². The third-order valence-electron chi connectivity index (χ3n) is 2.07. The summed E-state index contributed by atoms with van der Waals surface area (Å²) < 4.78 is 0. The molecule has 1 aliphatic carbocycles. The highest BCUT2D eigenvalue weighted by atomic mass is 16.1. The number of carbonyl (C=O) groups excluding carboxylic acids is 1. The number of nitrogens with two attached hydrogens (primary N) is 1. The molecule has 0 spiro atoms. The van der Waals surface area contributed by atoms with Crippen LogP contribution in [-0.4, -0.2) is 11.8 Å². The maximum Gasteiger partial charge on any atom is 0.132 e. The Kier molecular flexibility index (Phi) is 2.87. The molecule has 1 atom stereocenters. The number of hydrogen-bond acceptors (Lipinski definition) is 2.